The van der Waals surface area contributed by atoms with Crippen LogP contribution in [0.3, 0.4) is 0 Å². The summed E-state index contributed by atoms with van der Waals surface area (Å²) in [6.45, 7) is 1.98. The Bertz CT molecular complexity index is 513. The molecule has 1 amide bonds. The Morgan fingerprint density at radius 2 is 1.95 bits per heavy atom. The molecule has 2 saturated carbocycles. The second-order valence-corrected chi connectivity index (χ2v) is 6.52. The van der Waals surface area contributed by atoms with Crippen molar-refractivity contribution in [3.05, 3.63) is 29.6 Å². The van der Waals surface area contributed by atoms with Crippen LogP contribution < -0.4 is 10.6 Å². The molecule has 0 radical (unpaired) electrons. The number of rotatable bonds is 3. The lowest BCUT2D eigenvalue weighted by atomic mass is 9.78. The highest BCUT2D eigenvalue weighted by atomic mass is 16.2. The number of nitrogens with zero attached hydrogens (tertiary/aromatic N) is 1. The van der Waals surface area contributed by atoms with Gasteiger partial charge in [0.15, 0.2) is 0 Å². The van der Waals surface area contributed by atoms with Gasteiger partial charge in [0.05, 0.1) is 0 Å². The van der Waals surface area contributed by atoms with Gasteiger partial charge in [-0.3, -0.25) is 9.78 Å². The van der Waals surface area contributed by atoms with Gasteiger partial charge in [-0.25, -0.2) is 0 Å². The quantitative estimate of drug-likeness (QED) is 0.887. The number of aromatic nitrogens is 1. The van der Waals surface area contributed by atoms with Gasteiger partial charge in [-0.2, -0.15) is 0 Å². The van der Waals surface area contributed by atoms with Gasteiger partial charge in [-0.1, -0.05) is 6.07 Å². The topological polar surface area (TPSA) is 54.0 Å². The minimum Gasteiger partial charge on any atom is -0.345 e. The molecular formula is C16H23N3O. The first-order chi connectivity index (χ1) is 9.56. The van der Waals surface area contributed by atoms with Crippen molar-refractivity contribution in [2.75, 3.05) is 7.05 Å². The third-order valence-electron chi connectivity index (χ3n) is 5.12. The molecular weight excluding hydrogens is 250 g/mol. The maximum Gasteiger partial charge on any atom is 0.270 e. The zero-order chi connectivity index (χ0) is 14.2. The second-order valence-electron chi connectivity index (χ2n) is 6.52. The van der Waals surface area contributed by atoms with Gasteiger partial charge in [0.25, 0.3) is 5.91 Å². The molecule has 108 valence electrons. The van der Waals surface area contributed by atoms with E-state index >= 15 is 0 Å². The van der Waals surface area contributed by atoms with E-state index in [9.17, 15) is 4.79 Å². The third kappa shape index (κ3) is 2.33. The molecule has 2 atom stereocenters. The summed E-state index contributed by atoms with van der Waals surface area (Å²) >= 11 is 0. The smallest absolute Gasteiger partial charge is 0.270 e. The molecule has 20 heavy (non-hydrogen) atoms. The number of hydrogen-bond donors (Lipinski definition) is 2. The normalized spacial score (nSPS) is 32.1. The Morgan fingerprint density at radius 3 is 2.65 bits per heavy atom. The van der Waals surface area contributed by atoms with Crippen LogP contribution in [0.2, 0.25) is 0 Å². The number of amides is 1. The number of carbonyl (C=O) groups excluding carboxylic acids is 1. The lowest BCUT2D eigenvalue weighted by molar-refractivity contribution is 0.0866. The summed E-state index contributed by atoms with van der Waals surface area (Å²) in [6, 6.07) is 3.75. The van der Waals surface area contributed by atoms with E-state index < -0.39 is 0 Å². The van der Waals surface area contributed by atoms with Crippen LogP contribution in [0.15, 0.2) is 18.3 Å². The van der Waals surface area contributed by atoms with E-state index in [4.69, 9.17) is 0 Å². The highest BCUT2D eigenvalue weighted by molar-refractivity contribution is 5.92. The molecule has 2 aliphatic carbocycles. The van der Waals surface area contributed by atoms with Crippen molar-refractivity contribution in [1.29, 1.82) is 0 Å². The monoisotopic (exact) mass is 273 g/mol. The van der Waals surface area contributed by atoms with Crippen molar-refractivity contribution in [1.82, 2.24) is 15.6 Å². The zero-order valence-electron chi connectivity index (χ0n) is 12.3. The number of carbonyl (C=O) groups is 1. The molecule has 2 unspecified atom stereocenters. The molecule has 4 heteroatoms. The first kappa shape index (κ1) is 13.6. The highest BCUT2D eigenvalue weighted by Crippen LogP contribution is 2.47. The van der Waals surface area contributed by atoms with Gasteiger partial charge in [0.2, 0.25) is 0 Å². The van der Waals surface area contributed by atoms with Gasteiger partial charge in [0.1, 0.15) is 5.69 Å². The molecule has 0 aliphatic heterocycles. The van der Waals surface area contributed by atoms with Crippen LogP contribution in [0.4, 0.5) is 0 Å². The fourth-order valence-electron chi connectivity index (χ4n) is 3.91. The third-order valence-corrected chi connectivity index (χ3v) is 5.12. The molecule has 2 bridgehead atoms. The summed E-state index contributed by atoms with van der Waals surface area (Å²) in [5.74, 6) is -0.0289. The first-order valence-electron chi connectivity index (χ1n) is 7.51. The van der Waals surface area contributed by atoms with E-state index in [0.29, 0.717) is 5.69 Å². The first-order valence-corrected chi connectivity index (χ1v) is 7.51. The maximum atomic E-state index is 12.4. The molecule has 0 saturated heterocycles. The Hall–Kier alpha value is -1.42. The fraction of sp³-hybridized carbons (Fsp3) is 0.625. The van der Waals surface area contributed by atoms with Crippen molar-refractivity contribution >= 4 is 5.91 Å². The molecule has 0 spiro atoms. The zero-order valence-corrected chi connectivity index (χ0v) is 12.3. The van der Waals surface area contributed by atoms with E-state index in [-0.39, 0.29) is 17.0 Å². The summed E-state index contributed by atoms with van der Waals surface area (Å²) in [7, 11) is 2.05. The summed E-state index contributed by atoms with van der Waals surface area (Å²) in [5, 5.41) is 6.76. The van der Waals surface area contributed by atoms with Crippen LogP contribution in [0, 0.1) is 6.92 Å². The lowest BCUT2D eigenvalue weighted by Crippen LogP contribution is -2.53. The van der Waals surface area contributed by atoms with Crippen LogP contribution >= 0.6 is 0 Å². The Labute approximate surface area is 120 Å². The van der Waals surface area contributed by atoms with Crippen molar-refractivity contribution in [3.63, 3.8) is 0 Å². The van der Waals surface area contributed by atoms with Crippen LogP contribution in [-0.2, 0) is 0 Å². The second kappa shape index (κ2) is 4.85. The highest BCUT2D eigenvalue weighted by Gasteiger charge is 2.50. The molecule has 2 fully saturated rings. The molecule has 2 aliphatic rings. The van der Waals surface area contributed by atoms with Gasteiger partial charge in [-0.05, 0) is 64.1 Å². The Morgan fingerprint density at radius 1 is 1.20 bits per heavy atom. The SMILES string of the molecule is CNC12CCCC(NC(=O)c3ccc(C)cn3)(CC1)C2. The minimum absolute atomic E-state index is 0.0229. The standard InChI is InChI=1S/C16H23N3O/c1-12-4-5-13(18-10-12)14(20)19-16-7-3-6-15(11-16,17-2)8-9-16/h4-5,10,17H,3,6-9,11H2,1-2H3,(H,19,20). The van der Waals surface area contributed by atoms with E-state index in [1.54, 1.807) is 6.20 Å². The molecule has 4 nitrogen and oxygen atoms in total. The average Bonchev–Trinajstić information content (AvgIpc) is 2.71. The maximum absolute atomic E-state index is 12.4. The molecule has 1 aromatic rings. The van der Waals surface area contributed by atoms with E-state index in [0.717, 1.165) is 31.2 Å². The Kier molecular flexibility index (Phi) is 3.28. The van der Waals surface area contributed by atoms with E-state index in [1.807, 2.05) is 26.1 Å². The summed E-state index contributed by atoms with van der Waals surface area (Å²) in [5.41, 5.74) is 1.82. The van der Waals surface area contributed by atoms with Gasteiger partial charge in [-0.15, -0.1) is 0 Å². The van der Waals surface area contributed by atoms with Crippen molar-refractivity contribution < 1.29 is 4.79 Å². The fourth-order valence-corrected chi connectivity index (χ4v) is 3.91. The van der Waals surface area contributed by atoms with Crippen LogP contribution in [0.25, 0.3) is 0 Å². The minimum atomic E-state index is -0.0289. The summed E-state index contributed by atoms with van der Waals surface area (Å²) in [4.78, 5) is 16.6. The predicted molar refractivity (Wildman–Crippen MR) is 78.7 cm³/mol. The summed E-state index contributed by atoms with van der Waals surface area (Å²) < 4.78 is 0. The lowest BCUT2D eigenvalue weighted by Gasteiger charge is -2.39. The van der Waals surface area contributed by atoms with Crippen LogP contribution in [0.5, 0.6) is 0 Å². The number of aryl methyl sites for hydroxylation is 1. The molecule has 1 heterocycles. The van der Waals surface area contributed by atoms with Crippen LogP contribution in [-0.4, -0.2) is 29.0 Å². The molecule has 0 aromatic carbocycles. The van der Waals surface area contributed by atoms with E-state index in [2.05, 4.69) is 15.6 Å². The summed E-state index contributed by atoms with van der Waals surface area (Å²) in [6.07, 6.45) is 8.53. The van der Waals surface area contributed by atoms with Crippen molar-refractivity contribution in [2.24, 2.45) is 0 Å². The van der Waals surface area contributed by atoms with E-state index in [1.165, 1.54) is 12.8 Å². The van der Waals surface area contributed by atoms with Gasteiger partial charge >= 0.3 is 0 Å². The molecule has 2 N–H and O–H groups in total. The van der Waals surface area contributed by atoms with Gasteiger partial charge < -0.3 is 10.6 Å². The number of nitrogens with one attached hydrogen (secondary N) is 2. The molecule has 1 aromatic heterocycles. The number of fused-ring (bicyclic) bond motifs is 2. The molecule has 3 rings (SSSR count). The largest absolute Gasteiger partial charge is 0.345 e. The van der Waals surface area contributed by atoms with Crippen molar-refractivity contribution in [2.45, 2.75) is 56.5 Å². The average molecular weight is 273 g/mol. The van der Waals surface area contributed by atoms with Crippen LogP contribution in [0.1, 0.15) is 54.6 Å². The Balaban J connectivity index is 1.74. The number of pyridine rings is 1. The van der Waals surface area contributed by atoms with Crippen molar-refractivity contribution in [3.8, 4) is 0 Å². The number of hydrogen-bond acceptors (Lipinski definition) is 3. The van der Waals surface area contributed by atoms with Gasteiger partial charge in [0, 0.05) is 17.3 Å². The predicted octanol–water partition coefficient (Wildman–Crippen LogP) is 2.18.